The largest absolute Gasteiger partial charge is 0.483 e. The number of nitrogens with one attached hydrogen (secondary N) is 2. The molecule has 0 saturated heterocycles. The van der Waals surface area contributed by atoms with Gasteiger partial charge in [-0.05, 0) is 49.2 Å². The minimum Gasteiger partial charge on any atom is -0.483 e. The van der Waals surface area contributed by atoms with Crippen molar-refractivity contribution < 1.29 is 14.3 Å². The molecule has 23 heavy (non-hydrogen) atoms. The first-order valence-electron chi connectivity index (χ1n) is 7.01. The molecule has 2 aromatic rings. The van der Waals surface area contributed by atoms with Gasteiger partial charge in [0.1, 0.15) is 5.75 Å². The van der Waals surface area contributed by atoms with Crippen LogP contribution in [0.2, 0.25) is 0 Å². The van der Waals surface area contributed by atoms with Crippen LogP contribution in [0, 0.1) is 13.8 Å². The first kappa shape index (κ1) is 17.0. The van der Waals surface area contributed by atoms with Crippen LogP contribution in [0.3, 0.4) is 0 Å². The fourth-order valence-corrected chi connectivity index (χ4v) is 2.29. The van der Waals surface area contributed by atoms with Gasteiger partial charge in [0.15, 0.2) is 6.61 Å². The van der Waals surface area contributed by atoms with Crippen molar-refractivity contribution in [1.82, 2.24) is 10.9 Å². The highest BCUT2D eigenvalue weighted by atomic mass is 79.9. The van der Waals surface area contributed by atoms with Gasteiger partial charge in [-0.25, -0.2) is 0 Å². The van der Waals surface area contributed by atoms with Gasteiger partial charge >= 0.3 is 0 Å². The van der Waals surface area contributed by atoms with Crippen LogP contribution >= 0.6 is 15.9 Å². The van der Waals surface area contributed by atoms with Crippen LogP contribution in [0.25, 0.3) is 0 Å². The van der Waals surface area contributed by atoms with Gasteiger partial charge in [-0.3, -0.25) is 20.4 Å². The SMILES string of the molecule is Cc1cccc(OCC(=O)NNC(=O)c2cccc(Br)c2)c1C. The Morgan fingerprint density at radius 2 is 1.83 bits per heavy atom. The molecule has 2 aromatic carbocycles. The average molecular weight is 377 g/mol. The number of hydrazine groups is 1. The number of hydrogen-bond acceptors (Lipinski definition) is 3. The van der Waals surface area contributed by atoms with E-state index in [0.29, 0.717) is 11.3 Å². The molecule has 0 aliphatic heterocycles. The lowest BCUT2D eigenvalue weighted by Gasteiger charge is -2.11. The number of hydrogen-bond donors (Lipinski definition) is 2. The number of rotatable bonds is 4. The van der Waals surface area contributed by atoms with E-state index in [0.717, 1.165) is 15.6 Å². The minimum atomic E-state index is -0.436. The molecular weight excluding hydrogens is 360 g/mol. The standard InChI is InChI=1S/C17H17BrN2O3/c1-11-5-3-8-15(12(11)2)23-10-16(21)19-20-17(22)13-6-4-7-14(18)9-13/h3-9H,10H2,1-2H3,(H,19,21)(H,20,22). The summed E-state index contributed by atoms with van der Waals surface area (Å²) >= 11 is 3.29. The molecule has 2 N–H and O–H groups in total. The van der Waals surface area contributed by atoms with E-state index in [1.165, 1.54) is 0 Å². The van der Waals surface area contributed by atoms with E-state index in [1.807, 2.05) is 32.0 Å². The fourth-order valence-electron chi connectivity index (χ4n) is 1.89. The molecule has 0 spiro atoms. The van der Waals surface area contributed by atoms with Crippen LogP contribution in [0.4, 0.5) is 0 Å². The van der Waals surface area contributed by atoms with Crippen molar-refractivity contribution in [2.45, 2.75) is 13.8 Å². The number of ether oxygens (including phenoxy) is 1. The van der Waals surface area contributed by atoms with E-state index in [4.69, 9.17) is 4.74 Å². The first-order chi connectivity index (χ1) is 11.0. The molecular formula is C17H17BrN2O3. The average Bonchev–Trinajstić information content (AvgIpc) is 2.54. The maximum Gasteiger partial charge on any atom is 0.276 e. The van der Waals surface area contributed by atoms with Crippen molar-refractivity contribution in [1.29, 1.82) is 0 Å². The molecule has 0 radical (unpaired) electrons. The molecule has 120 valence electrons. The van der Waals surface area contributed by atoms with Gasteiger partial charge < -0.3 is 4.74 Å². The van der Waals surface area contributed by atoms with Crippen LogP contribution in [-0.4, -0.2) is 18.4 Å². The molecule has 0 fully saturated rings. The highest BCUT2D eigenvalue weighted by Gasteiger charge is 2.09. The van der Waals surface area contributed by atoms with Crippen molar-refractivity contribution in [2.24, 2.45) is 0 Å². The molecule has 2 amide bonds. The van der Waals surface area contributed by atoms with Gasteiger partial charge in [-0.15, -0.1) is 0 Å². The summed E-state index contributed by atoms with van der Waals surface area (Å²) in [7, 11) is 0. The maximum absolute atomic E-state index is 11.9. The van der Waals surface area contributed by atoms with Crippen molar-refractivity contribution in [3.63, 3.8) is 0 Å². The second kappa shape index (κ2) is 7.78. The Morgan fingerprint density at radius 1 is 1.09 bits per heavy atom. The lowest BCUT2D eigenvalue weighted by molar-refractivity contribution is -0.123. The quantitative estimate of drug-likeness (QED) is 0.806. The Hall–Kier alpha value is -2.34. The summed E-state index contributed by atoms with van der Waals surface area (Å²) in [4.78, 5) is 23.6. The zero-order valence-corrected chi connectivity index (χ0v) is 14.4. The van der Waals surface area contributed by atoms with E-state index >= 15 is 0 Å². The summed E-state index contributed by atoms with van der Waals surface area (Å²) in [6.45, 7) is 3.72. The summed E-state index contributed by atoms with van der Waals surface area (Å²) in [5, 5.41) is 0. The summed E-state index contributed by atoms with van der Waals surface area (Å²) < 4.78 is 6.25. The third-order valence-corrected chi connectivity index (χ3v) is 3.81. The molecule has 0 aliphatic rings. The Labute approximate surface area is 143 Å². The summed E-state index contributed by atoms with van der Waals surface area (Å²) in [6, 6.07) is 12.5. The Balaban J connectivity index is 1.83. The summed E-state index contributed by atoms with van der Waals surface area (Å²) in [5.41, 5.74) is 7.19. The topological polar surface area (TPSA) is 67.4 Å². The van der Waals surface area contributed by atoms with Gasteiger partial charge in [0.25, 0.3) is 11.8 Å². The lowest BCUT2D eigenvalue weighted by atomic mass is 10.1. The molecule has 0 bridgehead atoms. The van der Waals surface area contributed by atoms with Crippen LogP contribution < -0.4 is 15.6 Å². The molecule has 0 atom stereocenters. The molecule has 0 unspecified atom stereocenters. The van der Waals surface area contributed by atoms with E-state index in [1.54, 1.807) is 24.3 Å². The molecule has 2 rings (SSSR count). The first-order valence-corrected chi connectivity index (χ1v) is 7.80. The van der Waals surface area contributed by atoms with Gasteiger partial charge in [-0.2, -0.15) is 0 Å². The van der Waals surface area contributed by atoms with Crippen molar-refractivity contribution in [2.75, 3.05) is 6.61 Å². The third-order valence-electron chi connectivity index (χ3n) is 3.32. The predicted octanol–water partition coefficient (Wildman–Crippen LogP) is 2.91. The molecule has 6 heteroatoms. The van der Waals surface area contributed by atoms with Crippen LogP contribution in [-0.2, 0) is 4.79 Å². The van der Waals surface area contributed by atoms with Crippen LogP contribution in [0.15, 0.2) is 46.9 Å². The van der Waals surface area contributed by atoms with Crippen molar-refractivity contribution in [3.05, 3.63) is 63.6 Å². The fraction of sp³-hybridized carbons (Fsp3) is 0.176. The third kappa shape index (κ3) is 4.82. The minimum absolute atomic E-state index is 0.178. The smallest absolute Gasteiger partial charge is 0.276 e. The number of aryl methyl sites for hydroxylation is 1. The van der Waals surface area contributed by atoms with E-state index in [2.05, 4.69) is 26.8 Å². The van der Waals surface area contributed by atoms with Crippen molar-refractivity contribution in [3.8, 4) is 5.75 Å². The van der Waals surface area contributed by atoms with Crippen LogP contribution in [0.1, 0.15) is 21.5 Å². The molecule has 0 aromatic heterocycles. The summed E-state index contributed by atoms with van der Waals surface area (Å²) in [6.07, 6.45) is 0. The number of carbonyl (C=O) groups excluding carboxylic acids is 2. The van der Waals surface area contributed by atoms with Gasteiger partial charge in [0.05, 0.1) is 0 Å². The number of carbonyl (C=O) groups is 2. The van der Waals surface area contributed by atoms with Crippen molar-refractivity contribution >= 4 is 27.7 Å². The number of halogens is 1. The normalized spacial score (nSPS) is 10.0. The Morgan fingerprint density at radius 3 is 2.57 bits per heavy atom. The number of amides is 2. The second-order valence-electron chi connectivity index (χ2n) is 5.00. The van der Waals surface area contributed by atoms with E-state index in [9.17, 15) is 9.59 Å². The molecule has 0 saturated carbocycles. The van der Waals surface area contributed by atoms with Crippen LogP contribution in [0.5, 0.6) is 5.75 Å². The highest BCUT2D eigenvalue weighted by Crippen LogP contribution is 2.20. The summed E-state index contributed by atoms with van der Waals surface area (Å²) in [5.74, 6) is -0.181. The Kier molecular flexibility index (Phi) is 5.76. The number of benzene rings is 2. The molecule has 0 aliphatic carbocycles. The lowest BCUT2D eigenvalue weighted by Crippen LogP contribution is -2.43. The zero-order chi connectivity index (χ0) is 16.8. The second-order valence-corrected chi connectivity index (χ2v) is 5.92. The molecule has 5 nitrogen and oxygen atoms in total. The molecule has 0 heterocycles. The Bertz CT molecular complexity index is 732. The highest BCUT2D eigenvalue weighted by molar-refractivity contribution is 9.10. The monoisotopic (exact) mass is 376 g/mol. The maximum atomic E-state index is 11.9. The zero-order valence-electron chi connectivity index (χ0n) is 12.9. The van der Waals surface area contributed by atoms with Gasteiger partial charge in [0, 0.05) is 10.0 Å². The van der Waals surface area contributed by atoms with Gasteiger partial charge in [-0.1, -0.05) is 34.1 Å². The predicted molar refractivity (Wildman–Crippen MR) is 91.2 cm³/mol. The van der Waals surface area contributed by atoms with E-state index < -0.39 is 11.8 Å². The van der Waals surface area contributed by atoms with Gasteiger partial charge in [0.2, 0.25) is 0 Å². The van der Waals surface area contributed by atoms with E-state index in [-0.39, 0.29) is 6.61 Å².